The number of anilines is 1. The van der Waals surface area contributed by atoms with E-state index in [9.17, 15) is 0 Å². The van der Waals surface area contributed by atoms with Gasteiger partial charge in [-0.15, -0.1) is 0 Å². The van der Waals surface area contributed by atoms with Crippen LogP contribution >= 0.6 is 11.6 Å². The molecule has 20 heavy (non-hydrogen) atoms. The quantitative estimate of drug-likeness (QED) is 0.657. The van der Waals surface area contributed by atoms with Crippen LogP contribution in [0.25, 0.3) is 0 Å². The van der Waals surface area contributed by atoms with Crippen molar-refractivity contribution in [1.29, 1.82) is 0 Å². The van der Waals surface area contributed by atoms with E-state index in [1.165, 1.54) is 36.1 Å². The van der Waals surface area contributed by atoms with Gasteiger partial charge in [0.1, 0.15) is 0 Å². The monoisotopic (exact) mass is 486 g/mol. The number of aryl methyl sites for hydroxylation is 1. The van der Waals surface area contributed by atoms with Gasteiger partial charge in [0.2, 0.25) is 0 Å². The number of hydrogen-bond donors (Lipinski definition) is 1. The molecule has 1 aliphatic heterocycles. The molecule has 0 unspecified atom stereocenters. The van der Waals surface area contributed by atoms with Crippen LogP contribution in [0.15, 0.2) is 12.7 Å². The Morgan fingerprint density at radius 2 is 2.05 bits per heavy atom. The summed E-state index contributed by atoms with van der Waals surface area (Å²) in [5.74, 6) is 1.53. The molecule has 0 bridgehead atoms. The molecule has 2 aromatic rings. The Labute approximate surface area is 138 Å². The van der Waals surface area contributed by atoms with Crippen LogP contribution in [0, 0.1) is 31.6 Å². The van der Waals surface area contributed by atoms with Crippen molar-refractivity contribution in [3.8, 4) is 0 Å². The molecule has 0 aromatic carbocycles. The molecule has 3 rings (SSSR count). The summed E-state index contributed by atoms with van der Waals surface area (Å²) in [5.41, 5.74) is 2.40. The fourth-order valence-corrected chi connectivity index (χ4v) is 3.68. The number of imidazole rings is 1. The van der Waals surface area contributed by atoms with Gasteiger partial charge in [-0.1, -0.05) is 0 Å². The summed E-state index contributed by atoms with van der Waals surface area (Å²) >= 11 is 7.62. The molecule has 0 saturated carbocycles. The van der Waals surface area contributed by atoms with Gasteiger partial charge < -0.3 is 0 Å². The molecule has 0 aliphatic carbocycles. The van der Waals surface area contributed by atoms with Crippen molar-refractivity contribution < 1.29 is 24.7 Å². The van der Waals surface area contributed by atoms with Gasteiger partial charge in [-0.25, -0.2) is 0 Å². The van der Waals surface area contributed by atoms with Crippen LogP contribution < -0.4 is 8.17 Å². The fraction of sp³-hybridized carbons (Fsp3) is 0.462. The average molecular weight is 487 g/mol. The molecule has 3 heterocycles. The zero-order valence-electron chi connectivity index (χ0n) is 11.1. The summed E-state index contributed by atoms with van der Waals surface area (Å²) in [4.78, 5) is 18.3. The summed E-state index contributed by atoms with van der Waals surface area (Å²) in [6, 6.07) is 0. The zero-order valence-corrected chi connectivity index (χ0v) is 14.8. The van der Waals surface area contributed by atoms with Crippen LogP contribution in [-0.2, 0) is 0 Å². The second kappa shape index (κ2) is 5.94. The molecule has 106 valence electrons. The van der Waals surface area contributed by atoms with Crippen LogP contribution in [0.5, 0.6) is 0 Å². The van der Waals surface area contributed by atoms with E-state index in [-0.39, 0.29) is 0 Å². The van der Waals surface area contributed by atoms with E-state index in [1.807, 2.05) is 0 Å². The molecule has 2 aromatic heterocycles. The van der Waals surface area contributed by atoms with Crippen molar-refractivity contribution in [3.05, 3.63) is 29.2 Å². The number of aromatic amines is 1. The number of nitrogens with zero attached hydrogens (tertiary/aromatic N) is 4. The van der Waals surface area contributed by atoms with E-state index in [1.54, 1.807) is 12.7 Å². The van der Waals surface area contributed by atoms with E-state index in [0.717, 1.165) is 35.0 Å². The molecular formula is C13H15AtClN5. The second-order valence-corrected chi connectivity index (χ2v) is 6.80. The van der Waals surface area contributed by atoms with Crippen molar-refractivity contribution in [2.24, 2.45) is 0 Å². The standard InChI is InChI=1S/C13H15AtClN5/c1-8-11(17-6-16-8)9-2-4-20(5-3-9)13-10(14)12(15)18-7-19-13/h6-7,9H,2-5H2,1H3,(H,16,17). The van der Waals surface area contributed by atoms with Crippen LogP contribution in [0.3, 0.4) is 0 Å². The van der Waals surface area contributed by atoms with E-state index in [4.69, 9.17) is 11.6 Å². The second-order valence-electron chi connectivity index (χ2n) is 4.98. The average Bonchev–Trinajstić information content (AvgIpc) is 2.88. The van der Waals surface area contributed by atoms with Gasteiger partial charge in [0.05, 0.1) is 0 Å². The Kier molecular flexibility index (Phi) is 4.22. The zero-order chi connectivity index (χ0) is 14.1. The molecular weight excluding hydrogens is 472 g/mol. The number of halogens is 1. The first-order chi connectivity index (χ1) is 9.66. The Morgan fingerprint density at radius 3 is 2.70 bits per heavy atom. The Bertz CT molecular complexity index is 607. The van der Waals surface area contributed by atoms with Gasteiger partial charge in [-0.2, -0.15) is 0 Å². The molecule has 5 nitrogen and oxygen atoms in total. The Balaban J connectivity index is 1.73. The van der Waals surface area contributed by atoms with E-state index in [0.29, 0.717) is 11.1 Å². The minimum absolute atomic E-state index is 0.542. The van der Waals surface area contributed by atoms with Gasteiger partial charge >= 0.3 is 138 Å². The third-order valence-corrected chi connectivity index (χ3v) is 5.86. The summed E-state index contributed by atoms with van der Waals surface area (Å²) in [5, 5.41) is 0.567. The first-order valence-electron chi connectivity index (χ1n) is 6.57. The van der Waals surface area contributed by atoms with E-state index >= 15 is 0 Å². The number of aromatic nitrogens is 4. The van der Waals surface area contributed by atoms with Crippen LogP contribution in [0.2, 0.25) is 5.15 Å². The number of rotatable bonds is 2. The van der Waals surface area contributed by atoms with E-state index < -0.39 is 0 Å². The summed E-state index contributed by atoms with van der Waals surface area (Å²) in [7, 11) is 0. The molecule has 1 saturated heterocycles. The van der Waals surface area contributed by atoms with Crippen molar-refractivity contribution >= 4 is 20.7 Å². The third-order valence-electron chi connectivity index (χ3n) is 3.78. The topological polar surface area (TPSA) is 57.7 Å². The summed E-state index contributed by atoms with van der Waals surface area (Å²) in [6.45, 7) is 4.06. The molecule has 0 atom stereocenters. The van der Waals surface area contributed by atoms with Crippen LogP contribution in [-0.4, -0.2) is 33.0 Å². The molecule has 0 spiro atoms. The SMILES string of the molecule is Cc1[nH]cnc1C1CCN(c2ncnc(Cl)c2[At])CC1. The first kappa shape index (κ1) is 14.2. The molecule has 1 fully saturated rings. The van der Waals surface area contributed by atoms with E-state index in [2.05, 4.69) is 31.8 Å². The summed E-state index contributed by atoms with van der Waals surface area (Å²) < 4.78 is 1.02. The number of H-pyrrole nitrogens is 1. The van der Waals surface area contributed by atoms with Gasteiger partial charge in [-0.05, 0) is 0 Å². The minimum atomic E-state index is 0.542. The predicted octanol–water partition coefficient (Wildman–Crippen LogP) is 1.72. The molecule has 7 heteroatoms. The normalized spacial score (nSPS) is 16.6. The predicted molar refractivity (Wildman–Crippen MR) is 74.2 cm³/mol. The van der Waals surface area contributed by atoms with Crippen molar-refractivity contribution in [2.75, 3.05) is 18.0 Å². The van der Waals surface area contributed by atoms with Gasteiger partial charge in [-0.3, -0.25) is 0 Å². The number of hydrogen-bond acceptors (Lipinski definition) is 4. The third kappa shape index (κ3) is 2.68. The Hall–Kier alpha value is -0.737. The van der Waals surface area contributed by atoms with Gasteiger partial charge in [0.15, 0.2) is 0 Å². The molecule has 1 aliphatic rings. The fourth-order valence-electron chi connectivity index (χ4n) is 2.71. The van der Waals surface area contributed by atoms with Gasteiger partial charge in [0.25, 0.3) is 0 Å². The first-order valence-corrected chi connectivity index (χ1v) is 8.42. The number of nitrogens with one attached hydrogen (secondary N) is 1. The molecule has 0 radical (unpaired) electrons. The molecule has 0 amide bonds. The van der Waals surface area contributed by atoms with Crippen molar-refractivity contribution in [1.82, 2.24) is 19.9 Å². The van der Waals surface area contributed by atoms with Crippen molar-refractivity contribution in [2.45, 2.75) is 25.7 Å². The van der Waals surface area contributed by atoms with Crippen LogP contribution in [0.1, 0.15) is 30.1 Å². The maximum atomic E-state index is 6.09. The maximum absolute atomic E-state index is 6.09. The number of piperidine rings is 1. The molecule has 1 N–H and O–H groups in total. The van der Waals surface area contributed by atoms with Gasteiger partial charge in [0, 0.05) is 0 Å². The van der Waals surface area contributed by atoms with Crippen molar-refractivity contribution in [3.63, 3.8) is 0 Å². The summed E-state index contributed by atoms with van der Waals surface area (Å²) in [6.07, 6.45) is 5.52. The Morgan fingerprint density at radius 1 is 1.30 bits per heavy atom. The van der Waals surface area contributed by atoms with Crippen LogP contribution in [0.4, 0.5) is 5.82 Å².